The second kappa shape index (κ2) is 9.17. The number of nitrogens with zero attached hydrogens (tertiary/aromatic N) is 2. The number of methoxy groups -OCH3 is 1. The summed E-state index contributed by atoms with van der Waals surface area (Å²) in [5.41, 5.74) is 1.87. The molecule has 0 saturated heterocycles. The van der Waals surface area contributed by atoms with Crippen molar-refractivity contribution in [2.24, 2.45) is 5.14 Å². The number of carbonyl (C=O) groups excluding carboxylic acids is 1. The fourth-order valence-corrected chi connectivity index (χ4v) is 4.65. The van der Waals surface area contributed by atoms with Crippen LogP contribution >= 0.6 is 39.7 Å². The first-order valence-corrected chi connectivity index (χ1v) is 11.1. The van der Waals surface area contributed by atoms with Crippen LogP contribution in [0.1, 0.15) is 12.6 Å². The van der Waals surface area contributed by atoms with Gasteiger partial charge in [-0.05, 0) is 25.1 Å². The highest BCUT2D eigenvalue weighted by Gasteiger charge is 2.16. The van der Waals surface area contributed by atoms with Gasteiger partial charge >= 0.3 is 0 Å². The summed E-state index contributed by atoms with van der Waals surface area (Å²) in [7, 11) is -2.37. The van der Waals surface area contributed by atoms with Crippen LogP contribution in [0.2, 0.25) is 0 Å². The van der Waals surface area contributed by atoms with Crippen LogP contribution < -0.4 is 20.5 Å². The number of primary sulfonamides is 1. The molecule has 0 radical (unpaired) electrons. The molecule has 13 heteroatoms. The van der Waals surface area contributed by atoms with Crippen LogP contribution in [0.4, 0.5) is 16.0 Å². The molecule has 4 N–H and O–H groups in total. The number of hydrogen-bond donors (Lipinski definition) is 3. The molecule has 1 amide bonds. The molecule has 29 heavy (non-hydrogen) atoms. The number of amides is 1. The second-order valence-corrected chi connectivity index (χ2v) is 9.10. The number of halogens is 1. The van der Waals surface area contributed by atoms with Gasteiger partial charge in [-0.1, -0.05) is 11.3 Å². The van der Waals surface area contributed by atoms with Gasteiger partial charge in [-0.2, -0.15) is 0 Å². The van der Waals surface area contributed by atoms with Gasteiger partial charge in [0.05, 0.1) is 34.0 Å². The first-order valence-electron chi connectivity index (χ1n) is 7.86. The van der Waals surface area contributed by atoms with E-state index in [1.165, 1.54) is 54.9 Å². The minimum Gasteiger partial charge on any atom is -0.495 e. The molecule has 1 aromatic carbocycles. The minimum absolute atomic E-state index is 0. The number of rotatable bonds is 6. The van der Waals surface area contributed by atoms with E-state index >= 15 is 0 Å². The van der Waals surface area contributed by atoms with Crippen molar-refractivity contribution >= 4 is 71.5 Å². The SMILES string of the molecule is Br.COc1ccc(S(N)(=O)=O)cc1Nc1nc(-c2sc(NC(C)=O)nc2C)cs1. The third-order valence-electron chi connectivity index (χ3n) is 3.56. The van der Waals surface area contributed by atoms with Gasteiger partial charge in [0.1, 0.15) is 5.75 Å². The van der Waals surface area contributed by atoms with E-state index in [0.29, 0.717) is 27.4 Å². The largest absolute Gasteiger partial charge is 0.495 e. The molecule has 0 unspecified atom stereocenters. The quantitative estimate of drug-likeness (QED) is 0.453. The number of aryl methyl sites for hydroxylation is 1. The smallest absolute Gasteiger partial charge is 0.238 e. The predicted octanol–water partition coefficient (Wildman–Crippen LogP) is 3.51. The summed E-state index contributed by atoms with van der Waals surface area (Å²) in [4.78, 5) is 20.8. The molecule has 9 nitrogen and oxygen atoms in total. The molecule has 3 rings (SSSR count). The van der Waals surface area contributed by atoms with Crippen molar-refractivity contribution in [3.05, 3.63) is 29.3 Å². The van der Waals surface area contributed by atoms with E-state index in [2.05, 4.69) is 20.6 Å². The van der Waals surface area contributed by atoms with Crippen molar-refractivity contribution in [3.63, 3.8) is 0 Å². The average molecular weight is 520 g/mol. The summed E-state index contributed by atoms with van der Waals surface area (Å²) in [6, 6.07) is 4.28. The summed E-state index contributed by atoms with van der Waals surface area (Å²) >= 11 is 2.66. The van der Waals surface area contributed by atoms with Crippen LogP contribution in [-0.2, 0) is 14.8 Å². The van der Waals surface area contributed by atoms with Crippen molar-refractivity contribution in [2.75, 3.05) is 17.7 Å². The number of benzene rings is 1. The average Bonchev–Trinajstić information content (AvgIpc) is 3.19. The normalized spacial score (nSPS) is 10.9. The Morgan fingerprint density at radius 1 is 1.24 bits per heavy atom. The lowest BCUT2D eigenvalue weighted by Crippen LogP contribution is -2.12. The number of aromatic nitrogens is 2. The zero-order valence-corrected chi connectivity index (χ0v) is 19.7. The number of sulfonamides is 1. The Morgan fingerprint density at radius 3 is 2.59 bits per heavy atom. The number of thiazole rings is 2. The highest BCUT2D eigenvalue weighted by molar-refractivity contribution is 8.93. The van der Waals surface area contributed by atoms with Crippen molar-refractivity contribution in [2.45, 2.75) is 18.7 Å². The van der Waals surface area contributed by atoms with Crippen LogP contribution in [0.5, 0.6) is 5.75 Å². The minimum atomic E-state index is -3.85. The highest BCUT2D eigenvalue weighted by atomic mass is 79.9. The molecule has 2 aromatic heterocycles. The molecule has 0 atom stereocenters. The maximum Gasteiger partial charge on any atom is 0.238 e. The first-order chi connectivity index (χ1) is 13.2. The molecular weight excluding hydrogens is 502 g/mol. The molecule has 0 aliphatic carbocycles. The lowest BCUT2D eigenvalue weighted by Gasteiger charge is -2.10. The van der Waals surface area contributed by atoms with Crippen molar-refractivity contribution < 1.29 is 17.9 Å². The monoisotopic (exact) mass is 519 g/mol. The molecule has 0 bridgehead atoms. The van der Waals surface area contributed by atoms with E-state index in [9.17, 15) is 13.2 Å². The van der Waals surface area contributed by atoms with Gasteiger partial charge in [0.2, 0.25) is 15.9 Å². The summed E-state index contributed by atoms with van der Waals surface area (Å²) in [5.74, 6) is 0.258. The van der Waals surface area contributed by atoms with Crippen molar-refractivity contribution in [3.8, 4) is 16.3 Å². The van der Waals surface area contributed by atoms with E-state index in [0.717, 1.165) is 10.6 Å². The van der Waals surface area contributed by atoms with Gasteiger partial charge in [-0.15, -0.1) is 28.3 Å². The summed E-state index contributed by atoms with van der Waals surface area (Å²) in [6.45, 7) is 3.26. The van der Waals surface area contributed by atoms with E-state index in [1.54, 1.807) is 0 Å². The van der Waals surface area contributed by atoms with Gasteiger partial charge in [-0.25, -0.2) is 23.5 Å². The second-order valence-electron chi connectivity index (χ2n) is 5.68. The predicted molar refractivity (Wildman–Crippen MR) is 120 cm³/mol. The van der Waals surface area contributed by atoms with E-state index in [4.69, 9.17) is 9.88 Å². The van der Waals surface area contributed by atoms with E-state index in [1.807, 2.05) is 12.3 Å². The molecule has 0 fully saturated rings. The zero-order chi connectivity index (χ0) is 20.5. The van der Waals surface area contributed by atoms with Gasteiger partial charge in [-0.3, -0.25) is 4.79 Å². The zero-order valence-electron chi connectivity index (χ0n) is 15.5. The van der Waals surface area contributed by atoms with Gasteiger partial charge in [0.15, 0.2) is 10.3 Å². The third-order valence-corrected chi connectivity index (χ3v) is 6.32. The number of nitrogens with two attached hydrogens (primary N) is 1. The van der Waals surface area contributed by atoms with Gasteiger partial charge in [0.25, 0.3) is 0 Å². The van der Waals surface area contributed by atoms with Crippen molar-refractivity contribution in [1.82, 2.24) is 9.97 Å². The molecule has 0 saturated carbocycles. The summed E-state index contributed by atoms with van der Waals surface area (Å²) < 4.78 is 28.5. The van der Waals surface area contributed by atoms with E-state index in [-0.39, 0.29) is 27.8 Å². The van der Waals surface area contributed by atoms with Crippen LogP contribution in [-0.4, -0.2) is 31.4 Å². The number of hydrogen-bond acceptors (Lipinski definition) is 9. The summed E-state index contributed by atoms with van der Waals surface area (Å²) in [6.07, 6.45) is 0. The Kier molecular flexibility index (Phi) is 7.35. The Balaban J connectivity index is 0.00000300. The van der Waals surface area contributed by atoms with Crippen LogP contribution in [0.3, 0.4) is 0 Å². The topological polar surface area (TPSA) is 136 Å². The highest BCUT2D eigenvalue weighted by Crippen LogP contribution is 2.36. The maximum atomic E-state index is 11.6. The third kappa shape index (κ3) is 5.51. The first kappa shape index (κ1) is 23.2. The van der Waals surface area contributed by atoms with Crippen LogP contribution in [0.25, 0.3) is 10.6 Å². The molecule has 156 valence electrons. The number of anilines is 3. The fourth-order valence-electron chi connectivity index (χ4n) is 2.35. The molecular formula is C16H18BrN5O4S3. The number of nitrogens with one attached hydrogen (secondary N) is 2. The number of ether oxygens (including phenoxy) is 1. The van der Waals surface area contributed by atoms with Crippen LogP contribution in [0.15, 0.2) is 28.5 Å². The lowest BCUT2D eigenvalue weighted by molar-refractivity contribution is -0.114. The molecule has 3 aromatic rings. The summed E-state index contributed by atoms with van der Waals surface area (Å²) in [5, 5.41) is 13.8. The van der Waals surface area contributed by atoms with Crippen LogP contribution in [0, 0.1) is 6.92 Å². The fraction of sp³-hybridized carbons (Fsp3) is 0.188. The maximum absolute atomic E-state index is 11.6. The van der Waals surface area contributed by atoms with Gasteiger partial charge in [0, 0.05) is 12.3 Å². The Morgan fingerprint density at radius 2 is 1.97 bits per heavy atom. The Hall–Kier alpha value is -2.06. The number of carbonyl (C=O) groups is 1. The van der Waals surface area contributed by atoms with Gasteiger partial charge < -0.3 is 15.4 Å². The Bertz CT molecular complexity index is 1140. The molecule has 0 aliphatic rings. The standard InChI is InChI=1S/C16H17N5O4S3.BrH/c1-8-14(27-16(18-8)19-9(2)22)12-7-26-15(21-12)20-11-6-10(28(17,23)24)4-5-13(11)25-3;/h4-7H,1-3H3,(H,20,21)(H2,17,23,24)(H,18,19,22);1H. The van der Waals surface area contributed by atoms with Crippen molar-refractivity contribution in [1.29, 1.82) is 0 Å². The lowest BCUT2D eigenvalue weighted by atomic mass is 10.3. The molecule has 0 aliphatic heterocycles. The van der Waals surface area contributed by atoms with E-state index < -0.39 is 10.0 Å². The molecule has 0 spiro atoms. The Labute approximate surface area is 186 Å². The molecule has 2 heterocycles.